The van der Waals surface area contributed by atoms with E-state index in [1.165, 1.54) is 19.3 Å². The average Bonchev–Trinajstić information content (AvgIpc) is 3.32. The Morgan fingerprint density at radius 2 is 1.90 bits per heavy atom. The van der Waals surface area contributed by atoms with Gasteiger partial charge in [-0.3, -0.25) is 14.1 Å². The number of hydrogen-bond acceptors (Lipinski definition) is 5. The minimum absolute atomic E-state index is 0.0994. The maximum absolute atomic E-state index is 13.0. The number of likely N-dealkylation sites (tertiary alicyclic amines) is 1. The Morgan fingerprint density at radius 3 is 2.60 bits per heavy atom. The van der Waals surface area contributed by atoms with Crippen molar-refractivity contribution in [3.8, 4) is 5.75 Å². The van der Waals surface area contributed by atoms with Gasteiger partial charge in [-0.1, -0.05) is 6.42 Å². The van der Waals surface area contributed by atoms with E-state index in [4.69, 9.17) is 4.74 Å². The Morgan fingerprint density at radius 1 is 1.17 bits per heavy atom. The fraction of sp³-hybridized carbons (Fsp3) is 0.400. The SMILES string of the molecule is O=C(Nc1ncn2c(C(F)(F)F)csc12)c1ccc(OCCN2CCCCC2)cc1. The van der Waals surface area contributed by atoms with Gasteiger partial charge in [0.2, 0.25) is 0 Å². The summed E-state index contributed by atoms with van der Waals surface area (Å²) in [6.45, 7) is 3.67. The Hall–Kier alpha value is -2.59. The first-order valence-electron chi connectivity index (χ1n) is 9.70. The number of nitrogens with one attached hydrogen (secondary N) is 1. The number of ether oxygens (including phenoxy) is 1. The second-order valence-electron chi connectivity index (χ2n) is 7.12. The lowest BCUT2D eigenvalue weighted by molar-refractivity contribution is -0.141. The predicted octanol–water partition coefficient (Wildman–Crippen LogP) is 4.53. The number of piperidine rings is 1. The summed E-state index contributed by atoms with van der Waals surface area (Å²) < 4.78 is 45.6. The summed E-state index contributed by atoms with van der Waals surface area (Å²) in [5.41, 5.74) is -0.450. The number of alkyl halides is 3. The summed E-state index contributed by atoms with van der Waals surface area (Å²) in [6.07, 6.45) is 0.334. The van der Waals surface area contributed by atoms with Gasteiger partial charge in [0, 0.05) is 17.5 Å². The number of anilines is 1. The Kier molecular flexibility index (Phi) is 5.96. The topological polar surface area (TPSA) is 58.9 Å². The van der Waals surface area contributed by atoms with Crippen LogP contribution in [0.3, 0.4) is 0 Å². The van der Waals surface area contributed by atoms with Gasteiger partial charge in [0.05, 0.1) is 0 Å². The molecule has 4 rings (SSSR count). The summed E-state index contributed by atoms with van der Waals surface area (Å²) in [5, 5.41) is 3.58. The Bertz CT molecular complexity index is 1010. The van der Waals surface area contributed by atoms with Gasteiger partial charge in [-0.2, -0.15) is 13.2 Å². The average molecular weight is 438 g/mol. The van der Waals surface area contributed by atoms with Gasteiger partial charge in [-0.05, 0) is 50.2 Å². The van der Waals surface area contributed by atoms with Crippen molar-refractivity contribution in [3.63, 3.8) is 0 Å². The third kappa shape index (κ3) is 4.59. The quantitative estimate of drug-likeness (QED) is 0.614. The lowest BCUT2D eigenvalue weighted by atomic mass is 10.1. The second kappa shape index (κ2) is 8.65. The smallest absolute Gasteiger partial charge is 0.432 e. The molecule has 160 valence electrons. The molecule has 1 aliphatic heterocycles. The molecule has 0 saturated carbocycles. The first kappa shape index (κ1) is 20.7. The highest BCUT2D eigenvalue weighted by Crippen LogP contribution is 2.35. The van der Waals surface area contributed by atoms with Crippen molar-refractivity contribution in [3.05, 3.63) is 47.2 Å². The number of carbonyl (C=O) groups excluding carboxylic acids is 1. The number of benzene rings is 1. The molecular weight excluding hydrogens is 417 g/mol. The van der Waals surface area contributed by atoms with Crippen LogP contribution in [-0.2, 0) is 6.18 Å². The summed E-state index contributed by atoms with van der Waals surface area (Å²) in [5.74, 6) is 0.320. The number of fused-ring (bicyclic) bond motifs is 1. The zero-order chi connectivity index (χ0) is 21.1. The van der Waals surface area contributed by atoms with Gasteiger partial charge < -0.3 is 10.1 Å². The van der Waals surface area contributed by atoms with Crippen molar-refractivity contribution >= 4 is 27.9 Å². The molecule has 3 aromatic rings. The molecule has 3 heterocycles. The minimum Gasteiger partial charge on any atom is -0.492 e. The maximum Gasteiger partial charge on any atom is 0.432 e. The number of imidazole rings is 1. The molecule has 0 atom stereocenters. The number of halogens is 3. The highest BCUT2D eigenvalue weighted by atomic mass is 32.1. The summed E-state index contributed by atoms with van der Waals surface area (Å²) in [4.78, 5) is 19.0. The van der Waals surface area contributed by atoms with Crippen LogP contribution < -0.4 is 10.1 Å². The largest absolute Gasteiger partial charge is 0.492 e. The Balaban J connectivity index is 1.35. The van der Waals surface area contributed by atoms with E-state index in [-0.39, 0.29) is 10.6 Å². The molecule has 1 saturated heterocycles. The first-order chi connectivity index (χ1) is 14.4. The maximum atomic E-state index is 13.0. The van der Waals surface area contributed by atoms with E-state index in [0.29, 0.717) is 17.9 Å². The van der Waals surface area contributed by atoms with Crippen molar-refractivity contribution in [1.29, 1.82) is 0 Å². The number of carbonyl (C=O) groups is 1. The van der Waals surface area contributed by atoms with E-state index in [2.05, 4.69) is 15.2 Å². The molecule has 2 aromatic heterocycles. The van der Waals surface area contributed by atoms with Crippen molar-refractivity contribution in [2.75, 3.05) is 31.6 Å². The molecule has 0 unspecified atom stereocenters. The van der Waals surface area contributed by atoms with Gasteiger partial charge in [0.1, 0.15) is 29.2 Å². The molecule has 0 bridgehead atoms. The number of hydrogen-bond donors (Lipinski definition) is 1. The van der Waals surface area contributed by atoms with Crippen molar-refractivity contribution in [2.45, 2.75) is 25.4 Å². The highest BCUT2D eigenvalue weighted by molar-refractivity contribution is 7.16. The number of amides is 1. The standard InChI is InChI=1S/C20H21F3N4O2S/c21-20(22,23)16-12-30-19-17(24-13-27(16)19)25-18(28)14-4-6-15(7-5-14)29-11-10-26-8-2-1-3-9-26/h4-7,12-13H,1-3,8-11H2,(H,25,28). The molecule has 0 spiro atoms. The molecule has 0 aliphatic carbocycles. The van der Waals surface area contributed by atoms with E-state index in [9.17, 15) is 18.0 Å². The zero-order valence-electron chi connectivity index (χ0n) is 16.1. The molecule has 1 amide bonds. The van der Waals surface area contributed by atoms with Crippen LogP contribution in [0.1, 0.15) is 35.3 Å². The number of nitrogens with zero attached hydrogens (tertiary/aromatic N) is 3. The van der Waals surface area contributed by atoms with Crippen LogP contribution in [0.25, 0.3) is 4.83 Å². The molecule has 0 radical (unpaired) electrons. The molecule has 30 heavy (non-hydrogen) atoms. The van der Waals surface area contributed by atoms with E-state index in [1.807, 2.05) is 0 Å². The molecule has 1 aromatic carbocycles. The molecule has 1 N–H and O–H groups in total. The summed E-state index contributed by atoms with van der Waals surface area (Å²) >= 11 is 0.876. The van der Waals surface area contributed by atoms with Crippen LogP contribution >= 0.6 is 11.3 Å². The van der Waals surface area contributed by atoms with Crippen LogP contribution in [-0.4, -0.2) is 46.4 Å². The van der Waals surface area contributed by atoms with Crippen LogP contribution in [0.5, 0.6) is 5.75 Å². The summed E-state index contributed by atoms with van der Waals surface area (Å²) in [6, 6.07) is 6.66. The fourth-order valence-corrected chi connectivity index (χ4v) is 4.38. The monoisotopic (exact) mass is 438 g/mol. The lowest BCUT2D eigenvalue weighted by Gasteiger charge is -2.26. The van der Waals surface area contributed by atoms with E-state index >= 15 is 0 Å². The van der Waals surface area contributed by atoms with Crippen LogP contribution in [0.4, 0.5) is 19.0 Å². The number of aromatic nitrogens is 2. The van der Waals surface area contributed by atoms with E-state index in [0.717, 1.165) is 47.1 Å². The number of rotatable bonds is 6. The zero-order valence-corrected chi connectivity index (χ0v) is 16.9. The van der Waals surface area contributed by atoms with Crippen LogP contribution in [0.15, 0.2) is 36.0 Å². The number of thiazole rings is 1. The molecule has 6 nitrogen and oxygen atoms in total. The van der Waals surface area contributed by atoms with Gasteiger partial charge in [0.15, 0.2) is 5.82 Å². The predicted molar refractivity (Wildman–Crippen MR) is 108 cm³/mol. The van der Waals surface area contributed by atoms with Gasteiger partial charge in [-0.25, -0.2) is 4.98 Å². The van der Waals surface area contributed by atoms with Gasteiger partial charge >= 0.3 is 6.18 Å². The first-order valence-corrected chi connectivity index (χ1v) is 10.6. The molecule has 10 heteroatoms. The van der Waals surface area contributed by atoms with Crippen LogP contribution in [0.2, 0.25) is 0 Å². The van der Waals surface area contributed by atoms with Gasteiger partial charge in [-0.15, -0.1) is 11.3 Å². The second-order valence-corrected chi connectivity index (χ2v) is 7.97. The van der Waals surface area contributed by atoms with Crippen molar-refractivity contribution in [1.82, 2.24) is 14.3 Å². The fourth-order valence-electron chi connectivity index (χ4n) is 3.44. The highest BCUT2D eigenvalue weighted by Gasteiger charge is 2.35. The molecular formula is C20H21F3N4O2S. The summed E-state index contributed by atoms with van der Waals surface area (Å²) in [7, 11) is 0. The third-order valence-corrected chi connectivity index (χ3v) is 5.98. The minimum atomic E-state index is -4.48. The normalized spacial score (nSPS) is 15.4. The molecule has 1 fully saturated rings. The van der Waals surface area contributed by atoms with Crippen molar-refractivity contribution < 1.29 is 22.7 Å². The molecule has 1 aliphatic rings. The van der Waals surface area contributed by atoms with Crippen molar-refractivity contribution in [2.24, 2.45) is 0 Å². The van der Waals surface area contributed by atoms with Crippen LogP contribution in [0, 0.1) is 0 Å². The Labute approximate surface area is 175 Å². The van der Waals surface area contributed by atoms with E-state index in [1.54, 1.807) is 24.3 Å². The lowest BCUT2D eigenvalue weighted by Crippen LogP contribution is -2.33. The van der Waals surface area contributed by atoms with E-state index < -0.39 is 17.8 Å². The third-order valence-electron chi connectivity index (χ3n) is 5.03. The van der Waals surface area contributed by atoms with Gasteiger partial charge in [0.25, 0.3) is 5.91 Å².